The first-order valence-electron chi connectivity index (χ1n) is 9.90. The average molecular weight is 433 g/mol. The van der Waals surface area contributed by atoms with Gasteiger partial charge in [0.25, 0.3) is 0 Å². The van der Waals surface area contributed by atoms with Crippen LogP contribution in [-0.2, 0) is 9.59 Å². The molecule has 1 atom stereocenters. The molecule has 0 bridgehead atoms. The topological polar surface area (TPSA) is 64.7 Å². The molecular weight excluding hydrogens is 407 g/mol. The molecule has 1 aliphatic rings. The molecule has 8 heteroatoms. The van der Waals surface area contributed by atoms with E-state index >= 15 is 0 Å². The largest absolute Gasteiger partial charge is 0.378 e. The summed E-state index contributed by atoms with van der Waals surface area (Å²) in [7, 11) is 3.97. The monoisotopic (exact) mass is 432 g/mol. The third-order valence-corrected chi connectivity index (χ3v) is 5.51. The molecule has 2 N–H and O–H groups in total. The van der Waals surface area contributed by atoms with Gasteiger partial charge in [-0.3, -0.25) is 14.5 Å². The lowest BCUT2D eigenvalue weighted by atomic mass is 10.0. The van der Waals surface area contributed by atoms with Crippen LogP contribution >= 0.6 is 11.6 Å². The zero-order valence-electron chi connectivity index (χ0n) is 17.1. The van der Waals surface area contributed by atoms with Crippen molar-refractivity contribution in [1.29, 1.82) is 0 Å². The molecule has 30 heavy (non-hydrogen) atoms. The number of carbonyl (C=O) groups is 2. The van der Waals surface area contributed by atoms with Crippen molar-refractivity contribution in [2.45, 2.75) is 18.9 Å². The van der Waals surface area contributed by atoms with Crippen molar-refractivity contribution in [3.8, 4) is 0 Å². The van der Waals surface area contributed by atoms with Crippen molar-refractivity contribution < 1.29 is 14.0 Å². The first kappa shape index (κ1) is 22.1. The number of likely N-dealkylation sites (tertiary alicyclic amines) is 1. The van der Waals surface area contributed by atoms with E-state index in [1.807, 2.05) is 31.1 Å². The molecule has 0 spiro atoms. The van der Waals surface area contributed by atoms with Gasteiger partial charge >= 0.3 is 11.8 Å². The number of nitrogens with zero attached hydrogens (tertiary/aromatic N) is 2. The highest BCUT2D eigenvalue weighted by atomic mass is 35.5. The van der Waals surface area contributed by atoms with Crippen molar-refractivity contribution in [2.75, 3.05) is 43.9 Å². The number of amides is 2. The summed E-state index contributed by atoms with van der Waals surface area (Å²) < 4.78 is 13.3. The Kier molecular flexibility index (Phi) is 7.29. The summed E-state index contributed by atoms with van der Waals surface area (Å²) >= 11 is 5.72. The lowest BCUT2D eigenvalue weighted by molar-refractivity contribution is -0.136. The first-order valence-corrected chi connectivity index (χ1v) is 10.3. The molecule has 2 aromatic rings. The molecule has 0 unspecified atom stereocenters. The van der Waals surface area contributed by atoms with Crippen molar-refractivity contribution in [2.24, 2.45) is 0 Å². The van der Waals surface area contributed by atoms with Crippen LogP contribution in [0.5, 0.6) is 0 Å². The van der Waals surface area contributed by atoms with Crippen LogP contribution in [0.25, 0.3) is 0 Å². The Hall–Kier alpha value is -2.64. The maximum absolute atomic E-state index is 13.3. The quantitative estimate of drug-likeness (QED) is 0.686. The Morgan fingerprint density at radius 1 is 1.10 bits per heavy atom. The molecule has 2 aromatic carbocycles. The third-order valence-electron chi connectivity index (χ3n) is 5.22. The van der Waals surface area contributed by atoms with Gasteiger partial charge in [0.15, 0.2) is 0 Å². The van der Waals surface area contributed by atoms with E-state index in [9.17, 15) is 14.0 Å². The fourth-order valence-electron chi connectivity index (χ4n) is 3.54. The Morgan fingerprint density at radius 3 is 2.37 bits per heavy atom. The summed E-state index contributed by atoms with van der Waals surface area (Å²) in [5.74, 6) is -2.15. The van der Waals surface area contributed by atoms with Crippen LogP contribution in [0.4, 0.5) is 15.8 Å². The minimum absolute atomic E-state index is 0.0132. The summed E-state index contributed by atoms with van der Waals surface area (Å²) in [6.07, 6.45) is 2.23. The highest BCUT2D eigenvalue weighted by molar-refractivity contribution is 6.39. The zero-order chi connectivity index (χ0) is 21.7. The molecule has 1 fully saturated rings. The van der Waals surface area contributed by atoms with Crippen LogP contribution in [0.15, 0.2) is 42.5 Å². The maximum Gasteiger partial charge on any atom is 0.313 e. The van der Waals surface area contributed by atoms with E-state index in [0.29, 0.717) is 6.54 Å². The van der Waals surface area contributed by atoms with Gasteiger partial charge in [-0.15, -0.1) is 0 Å². The molecule has 2 amide bonds. The van der Waals surface area contributed by atoms with Crippen LogP contribution in [0, 0.1) is 5.82 Å². The highest BCUT2D eigenvalue weighted by Gasteiger charge is 2.25. The zero-order valence-corrected chi connectivity index (χ0v) is 17.9. The van der Waals surface area contributed by atoms with E-state index in [2.05, 4.69) is 27.7 Å². The molecule has 1 saturated heterocycles. The summed E-state index contributed by atoms with van der Waals surface area (Å²) in [6, 6.07) is 12.0. The van der Waals surface area contributed by atoms with Crippen molar-refractivity contribution in [1.82, 2.24) is 10.2 Å². The van der Waals surface area contributed by atoms with E-state index in [4.69, 9.17) is 11.6 Å². The van der Waals surface area contributed by atoms with Gasteiger partial charge in [-0.1, -0.05) is 23.7 Å². The van der Waals surface area contributed by atoms with Gasteiger partial charge in [0.2, 0.25) is 0 Å². The lowest BCUT2D eigenvalue weighted by Gasteiger charge is -2.28. The summed E-state index contributed by atoms with van der Waals surface area (Å²) in [5, 5.41) is 5.05. The first-order chi connectivity index (χ1) is 14.3. The smallest absolute Gasteiger partial charge is 0.313 e. The van der Waals surface area contributed by atoms with Gasteiger partial charge in [-0.2, -0.15) is 0 Å². The number of hydrogen-bond acceptors (Lipinski definition) is 4. The molecule has 0 aliphatic carbocycles. The molecule has 6 nitrogen and oxygen atoms in total. The second-order valence-corrected chi connectivity index (χ2v) is 7.95. The molecule has 0 radical (unpaired) electrons. The molecule has 160 valence electrons. The number of carbonyl (C=O) groups excluding carboxylic acids is 2. The minimum atomic E-state index is -0.819. The standard InChI is InChI=1S/C22H26ClFN4O2/c1-27(2)17-8-5-15(6-9-17)20(28-11-3-4-12-28)14-25-21(29)22(30)26-16-7-10-19(24)18(23)13-16/h5-10,13,20H,3-4,11-12,14H2,1-2H3,(H,25,29)(H,26,30)/t20-/m0/s1. The summed E-state index contributed by atoms with van der Waals surface area (Å²) in [5.41, 5.74) is 2.45. The highest BCUT2D eigenvalue weighted by Crippen LogP contribution is 2.26. The Labute approximate surface area is 181 Å². The fourth-order valence-corrected chi connectivity index (χ4v) is 3.72. The van der Waals surface area contributed by atoms with E-state index in [1.54, 1.807) is 0 Å². The van der Waals surface area contributed by atoms with Gasteiger partial charge in [0.1, 0.15) is 5.82 Å². The number of hydrogen-bond donors (Lipinski definition) is 2. The maximum atomic E-state index is 13.3. The van der Waals surface area contributed by atoms with Crippen LogP contribution in [-0.4, -0.2) is 50.4 Å². The average Bonchev–Trinajstić information content (AvgIpc) is 3.25. The van der Waals surface area contributed by atoms with Gasteiger partial charge < -0.3 is 15.5 Å². The molecule has 1 aliphatic heterocycles. The van der Waals surface area contributed by atoms with Crippen LogP contribution in [0.3, 0.4) is 0 Å². The Morgan fingerprint density at radius 2 is 1.77 bits per heavy atom. The lowest BCUT2D eigenvalue weighted by Crippen LogP contribution is -2.41. The van der Waals surface area contributed by atoms with E-state index in [1.165, 1.54) is 12.1 Å². The van der Waals surface area contributed by atoms with Crippen LogP contribution < -0.4 is 15.5 Å². The molecular formula is C22H26ClFN4O2. The van der Waals surface area contributed by atoms with Crippen molar-refractivity contribution >= 4 is 34.8 Å². The van der Waals surface area contributed by atoms with Gasteiger partial charge in [0, 0.05) is 32.0 Å². The summed E-state index contributed by atoms with van der Waals surface area (Å²) in [6.45, 7) is 2.23. The number of rotatable bonds is 6. The molecule has 3 rings (SSSR count). The molecule has 0 saturated carbocycles. The number of anilines is 2. The van der Waals surface area contributed by atoms with E-state index in [-0.39, 0.29) is 16.8 Å². The van der Waals surface area contributed by atoms with E-state index < -0.39 is 17.6 Å². The fraction of sp³-hybridized carbons (Fsp3) is 0.364. The number of benzene rings is 2. The van der Waals surface area contributed by atoms with Crippen molar-refractivity contribution in [3.63, 3.8) is 0 Å². The van der Waals surface area contributed by atoms with Gasteiger partial charge in [0.05, 0.1) is 11.1 Å². The van der Waals surface area contributed by atoms with Crippen molar-refractivity contribution in [3.05, 3.63) is 58.9 Å². The van der Waals surface area contributed by atoms with Crippen LogP contribution in [0.1, 0.15) is 24.4 Å². The number of nitrogens with one attached hydrogen (secondary N) is 2. The van der Waals surface area contributed by atoms with E-state index in [0.717, 1.165) is 43.2 Å². The predicted octanol–water partition coefficient (Wildman–Crippen LogP) is 3.44. The van der Waals surface area contributed by atoms with Gasteiger partial charge in [-0.25, -0.2) is 4.39 Å². The SMILES string of the molecule is CN(C)c1ccc([C@H](CNC(=O)C(=O)Nc2ccc(F)c(Cl)c2)N2CCCC2)cc1. The second kappa shape index (κ2) is 9.91. The molecule has 0 aromatic heterocycles. The Bertz CT molecular complexity index is 899. The predicted molar refractivity (Wildman–Crippen MR) is 117 cm³/mol. The summed E-state index contributed by atoms with van der Waals surface area (Å²) in [4.78, 5) is 28.9. The molecule has 1 heterocycles. The third kappa shape index (κ3) is 5.49. The second-order valence-electron chi connectivity index (χ2n) is 7.54. The normalized spacial score (nSPS) is 14.9. The van der Waals surface area contributed by atoms with Crippen LogP contribution in [0.2, 0.25) is 5.02 Å². The number of halogens is 2. The van der Waals surface area contributed by atoms with Gasteiger partial charge in [-0.05, 0) is 61.8 Å². The Balaban J connectivity index is 1.64. The minimum Gasteiger partial charge on any atom is -0.378 e.